The van der Waals surface area contributed by atoms with Crippen molar-refractivity contribution in [3.8, 4) is 6.07 Å². The molecule has 3 aromatic rings. The number of amides is 1. The number of hydrogen-bond acceptors (Lipinski definition) is 9. The Kier molecular flexibility index (Phi) is 5.73. The highest BCUT2D eigenvalue weighted by Gasteiger charge is 2.21. The van der Waals surface area contributed by atoms with E-state index in [-0.39, 0.29) is 11.3 Å². The van der Waals surface area contributed by atoms with Crippen molar-refractivity contribution in [2.45, 2.75) is 30.0 Å². The summed E-state index contributed by atoms with van der Waals surface area (Å²) in [5, 5.41) is 32.5. The molecule has 0 fully saturated rings. The molecule has 0 aliphatic carbocycles. The fourth-order valence-corrected chi connectivity index (χ4v) is 5.19. The van der Waals surface area contributed by atoms with Crippen LogP contribution in [-0.4, -0.2) is 21.0 Å². The van der Waals surface area contributed by atoms with Gasteiger partial charge in [0.2, 0.25) is 0 Å². The first-order valence-electron chi connectivity index (χ1n) is 7.88. The van der Waals surface area contributed by atoms with E-state index in [1.54, 1.807) is 6.92 Å². The minimum atomic E-state index is -0.535. The van der Waals surface area contributed by atoms with Crippen molar-refractivity contribution < 1.29 is 9.72 Å². The number of carbonyl (C=O) groups is 1. The standard InChI is InChI=1S/C17H13N5O3S3/c1-8-9(2)26-16(12(8)7-18)19-15(23)11-4-5-14(13(6-11)22(24)25)28-17-21-20-10(3)27-17/h4-6H,1-3H3,(H,19,23). The maximum atomic E-state index is 12.6. The minimum Gasteiger partial charge on any atom is -0.312 e. The fourth-order valence-electron chi connectivity index (χ4n) is 2.33. The van der Waals surface area contributed by atoms with Gasteiger partial charge in [0, 0.05) is 16.5 Å². The van der Waals surface area contributed by atoms with Gasteiger partial charge in [-0.15, -0.1) is 21.5 Å². The van der Waals surface area contributed by atoms with Gasteiger partial charge in [0.25, 0.3) is 11.6 Å². The second-order valence-electron chi connectivity index (χ2n) is 5.68. The van der Waals surface area contributed by atoms with Gasteiger partial charge in [-0.3, -0.25) is 14.9 Å². The van der Waals surface area contributed by atoms with Crippen LogP contribution in [0.3, 0.4) is 0 Å². The number of anilines is 1. The Morgan fingerprint density at radius 2 is 2.04 bits per heavy atom. The number of thiophene rings is 1. The van der Waals surface area contributed by atoms with E-state index in [2.05, 4.69) is 21.6 Å². The van der Waals surface area contributed by atoms with Gasteiger partial charge in [0.15, 0.2) is 4.34 Å². The maximum absolute atomic E-state index is 12.6. The van der Waals surface area contributed by atoms with E-state index in [1.807, 2.05) is 13.8 Å². The summed E-state index contributed by atoms with van der Waals surface area (Å²) >= 11 is 3.76. The molecule has 0 bridgehead atoms. The summed E-state index contributed by atoms with van der Waals surface area (Å²) in [6, 6.07) is 6.34. The smallest absolute Gasteiger partial charge is 0.284 e. The number of nitro benzene ring substituents is 1. The van der Waals surface area contributed by atoms with Crippen LogP contribution in [0.5, 0.6) is 0 Å². The molecule has 2 heterocycles. The number of benzene rings is 1. The lowest BCUT2D eigenvalue weighted by atomic mass is 10.1. The van der Waals surface area contributed by atoms with E-state index < -0.39 is 10.8 Å². The van der Waals surface area contributed by atoms with E-state index in [0.29, 0.717) is 19.8 Å². The molecule has 1 amide bonds. The normalized spacial score (nSPS) is 10.5. The van der Waals surface area contributed by atoms with Crippen LogP contribution in [0.4, 0.5) is 10.7 Å². The zero-order valence-electron chi connectivity index (χ0n) is 15.0. The topological polar surface area (TPSA) is 122 Å². The fraction of sp³-hybridized carbons (Fsp3) is 0.176. The molecule has 0 aliphatic rings. The molecule has 0 unspecified atom stereocenters. The molecule has 1 N–H and O–H groups in total. The Morgan fingerprint density at radius 1 is 1.29 bits per heavy atom. The van der Waals surface area contributed by atoms with Crippen molar-refractivity contribution >= 4 is 51.0 Å². The number of aryl methyl sites for hydroxylation is 2. The summed E-state index contributed by atoms with van der Waals surface area (Å²) in [7, 11) is 0. The Morgan fingerprint density at radius 3 is 2.64 bits per heavy atom. The van der Waals surface area contributed by atoms with Crippen LogP contribution in [0.2, 0.25) is 0 Å². The summed E-state index contributed by atoms with van der Waals surface area (Å²) in [5.41, 5.74) is 1.17. The van der Waals surface area contributed by atoms with Crippen molar-refractivity contribution in [2.24, 2.45) is 0 Å². The summed E-state index contributed by atoms with van der Waals surface area (Å²) in [5.74, 6) is -0.510. The molecule has 0 aliphatic heterocycles. The Bertz CT molecular complexity index is 1130. The van der Waals surface area contributed by atoms with Crippen LogP contribution < -0.4 is 5.32 Å². The van der Waals surface area contributed by atoms with Gasteiger partial charge in [-0.25, -0.2) is 0 Å². The number of nitro groups is 1. The first-order valence-corrected chi connectivity index (χ1v) is 10.3. The van der Waals surface area contributed by atoms with Crippen LogP contribution in [0, 0.1) is 42.2 Å². The molecule has 0 saturated carbocycles. The van der Waals surface area contributed by atoms with E-state index in [1.165, 1.54) is 40.9 Å². The molecule has 0 spiro atoms. The number of rotatable bonds is 5. The molecule has 1 aromatic carbocycles. The number of carbonyl (C=O) groups excluding carboxylic acids is 1. The number of nitrogens with zero attached hydrogens (tertiary/aromatic N) is 4. The lowest BCUT2D eigenvalue weighted by molar-refractivity contribution is -0.387. The van der Waals surface area contributed by atoms with Gasteiger partial charge in [-0.05, 0) is 38.5 Å². The second-order valence-corrected chi connectivity index (χ2v) is 9.38. The average Bonchev–Trinajstić information content (AvgIpc) is 3.17. The van der Waals surface area contributed by atoms with Crippen LogP contribution in [0.15, 0.2) is 27.4 Å². The predicted octanol–water partition coefficient (Wildman–Crippen LogP) is 4.71. The van der Waals surface area contributed by atoms with Crippen molar-refractivity contribution in [1.82, 2.24) is 10.2 Å². The van der Waals surface area contributed by atoms with Gasteiger partial charge in [0.1, 0.15) is 16.1 Å². The van der Waals surface area contributed by atoms with Gasteiger partial charge < -0.3 is 5.32 Å². The summed E-state index contributed by atoms with van der Waals surface area (Å²) < 4.78 is 0.584. The third-order valence-electron chi connectivity index (χ3n) is 3.85. The zero-order valence-corrected chi connectivity index (χ0v) is 17.4. The van der Waals surface area contributed by atoms with Crippen LogP contribution in [-0.2, 0) is 0 Å². The highest BCUT2D eigenvalue weighted by atomic mass is 32.2. The summed E-state index contributed by atoms with van der Waals surface area (Å²) in [4.78, 5) is 24.8. The van der Waals surface area contributed by atoms with Crippen molar-refractivity contribution in [3.63, 3.8) is 0 Å². The monoisotopic (exact) mass is 431 g/mol. The van der Waals surface area contributed by atoms with Gasteiger partial charge >= 0.3 is 0 Å². The Balaban J connectivity index is 1.89. The number of nitriles is 1. The first-order chi connectivity index (χ1) is 13.3. The molecular weight excluding hydrogens is 418 g/mol. The SMILES string of the molecule is Cc1nnc(Sc2ccc(C(=O)Nc3sc(C)c(C)c3C#N)cc2[N+](=O)[O-])s1. The minimum absolute atomic E-state index is 0.136. The third kappa shape index (κ3) is 4.04. The molecule has 0 atom stereocenters. The number of hydrogen-bond donors (Lipinski definition) is 1. The van der Waals surface area contributed by atoms with Crippen molar-refractivity contribution in [3.05, 3.63) is 54.9 Å². The predicted molar refractivity (Wildman–Crippen MR) is 108 cm³/mol. The first kappa shape index (κ1) is 19.9. The Labute approximate surface area is 172 Å². The van der Waals surface area contributed by atoms with E-state index in [0.717, 1.165) is 27.2 Å². The number of aromatic nitrogens is 2. The van der Waals surface area contributed by atoms with Crippen molar-refractivity contribution in [2.75, 3.05) is 5.32 Å². The van der Waals surface area contributed by atoms with Crippen LogP contribution in [0.25, 0.3) is 0 Å². The van der Waals surface area contributed by atoms with E-state index in [4.69, 9.17) is 0 Å². The molecule has 0 radical (unpaired) electrons. The van der Waals surface area contributed by atoms with E-state index in [9.17, 15) is 20.2 Å². The quantitative estimate of drug-likeness (QED) is 0.458. The summed E-state index contributed by atoms with van der Waals surface area (Å²) in [6.07, 6.45) is 0. The highest BCUT2D eigenvalue weighted by molar-refractivity contribution is 8.01. The molecule has 2 aromatic heterocycles. The van der Waals surface area contributed by atoms with Crippen molar-refractivity contribution in [1.29, 1.82) is 5.26 Å². The van der Waals surface area contributed by atoms with Gasteiger partial charge in [0.05, 0.1) is 15.4 Å². The molecule has 11 heteroatoms. The molecule has 28 heavy (non-hydrogen) atoms. The largest absolute Gasteiger partial charge is 0.312 e. The Hall–Kier alpha value is -2.81. The molecular formula is C17H13N5O3S3. The molecule has 142 valence electrons. The van der Waals surface area contributed by atoms with Gasteiger partial charge in [-0.2, -0.15) is 5.26 Å². The lowest BCUT2D eigenvalue weighted by Crippen LogP contribution is -2.12. The molecule has 0 saturated heterocycles. The van der Waals surface area contributed by atoms with E-state index >= 15 is 0 Å². The zero-order chi connectivity index (χ0) is 20.4. The lowest BCUT2D eigenvalue weighted by Gasteiger charge is -2.06. The highest BCUT2D eigenvalue weighted by Crippen LogP contribution is 2.37. The third-order valence-corrected chi connectivity index (χ3v) is 6.92. The molecule has 8 nitrogen and oxygen atoms in total. The number of nitrogens with one attached hydrogen (secondary N) is 1. The van der Waals surface area contributed by atoms with Gasteiger partial charge in [-0.1, -0.05) is 23.1 Å². The van der Waals surface area contributed by atoms with Crippen LogP contribution in [0.1, 0.15) is 31.4 Å². The summed E-state index contributed by atoms with van der Waals surface area (Å²) in [6.45, 7) is 5.47. The second kappa shape index (κ2) is 8.05. The maximum Gasteiger partial charge on any atom is 0.284 e. The molecule has 3 rings (SSSR count). The average molecular weight is 432 g/mol. The van der Waals surface area contributed by atoms with Crippen LogP contribution >= 0.6 is 34.4 Å².